The van der Waals surface area contributed by atoms with Crippen molar-refractivity contribution in [2.75, 3.05) is 0 Å². The van der Waals surface area contributed by atoms with E-state index in [4.69, 9.17) is 15.0 Å². The van der Waals surface area contributed by atoms with Crippen molar-refractivity contribution in [3.8, 4) is 5.69 Å². The van der Waals surface area contributed by atoms with Gasteiger partial charge in [0.2, 0.25) is 0 Å². The topological polar surface area (TPSA) is 65.6 Å². The highest BCUT2D eigenvalue weighted by molar-refractivity contribution is 6.05. The predicted molar refractivity (Wildman–Crippen MR) is 126 cm³/mol. The zero-order valence-corrected chi connectivity index (χ0v) is 17.2. The molecular weight excluding hydrogens is 398 g/mol. The van der Waals surface area contributed by atoms with Crippen molar-refractivity contribution in [2.24, 2.45) is 0 Å². The third kappa shape index (κ3) is 2.96. The second-order valence-electron chi connectivity index (χ2n) is 7.73. The summed E-state index contributed by atoms with van der Waals surface area (Å²) in [6, 6.07) is 27.7. The number of para-hydroxylation sites is 3. The highest BCUT2D eigenvalue weighted by Gasteiger charge is 2.20. The molecule has 0 amide bonds. The largest absolute Gasteiger partial charge is 0.298 e. The first kappa shape index (κ1) is 18.4. The van der Waals surface area contributed by atoms with Gasteiger partial charge in [0, 0.05) is 12.2 Å². The van der Waals surface area contributed by atoms with Crippen LogP contribution in [0.1, 0.15) is 5.56 Å². The van der Waals surface area contributed by atoms with Crippen LogP contribution in [-0.2, 0) is 13.0 Å². The van der Waals surface area contributed by atoms with E-state index < -0.39 is 0 Å². The lowest BCUT2D eigenvalue weighted by molar-refractivity contribution is 0.662. The van der Waals surface area contributed by atoms with E-state index in [1.165, 1.54) is 5.56 Å². The molecule has 32 heavy (non-hydrogen) atoms. The van der Waals surface area contributed by atoms with E-state index in [-0.39, 0.29) is 5.56 Å². The molecule has 0 aliphatic heterocycles. The molecule has 0 saturated heterocycles. The highest BCUT2D eigenvalue weighted by atomic mass is 16.1. The van der Waals surface area contributed by atoms with Gasteiger partial charge in [0.1, 0.15) is 10.9 Å². The summed E-state index contributed by atoms with van der Waals surface area (Å²) in [5, 5.41) is 0.498. The quantitative estimate of drug-likeness (QED) is 0.423. The monoisotopic (exact) mass is 417 g/mol. The molecule has 3 aromatic heterocycles. The van der Waals surface area contributed by atoms with Gasteiger partial charge in [-0.25, -0.2) is 15.0 Å². The SMILES string of the molecule is O=c1c2c3nc4ccccc4nc3n(-c3ccccc3)c2ncn1CCc1ccccc1. The van der Waals surface area contributed by atoms with Gasteiger partial charge in [-0.1, -0.05) is 60.7 Å². The first-order chi connectivity index (χ1) is 15.8. The summed E-state index contributed by atoms with van der Waals surface area (Å²) in [6.45, 7) is 0.546. The van der Waals surface area contributed by atoms with Gasteiger partial charge >= 0.3 is 0 Å². The minimum absolute atomic E-state index is 0.102. The molecule has 6 aromatic rings. The first-order valence-electron chi connectivity index (χ1n) is 10.6. The molecule has 6 heteroatoms. The van der Waals surface area contributed by atoms with Crippen LogP contribution in [0, 0.1) is 0 Å². The molecule has 0 aliphatic rings. The minimum atomic E-state index is -0.102. The maximum absolute atomic E-state index is 13.6. The standard InChI is InChI=1S/C26H19N5O/c32-26-22-23-25(29-21-14-8-7-13-20(21)28-23)31(19-11-5-2-6-12-19)24(22)27-17-30(26)16-15-18-9-3-1-4-10-18/h1-14,17H,15-16H2. The van der Waals surface area contributed by atoms with E-state index in [0.717, 1.165) is 23.1 Å². The van der Waals surface area contributed by atoms with Gasteiger partial charge < -0.3 is 0 Å². The summed E-state index contributed by atoms with van der Waals surface area (Å²) in [5.41, 5.74) is 5.29. The summed E-state index contributed by atoms with van der Waals surface area (Å²) in [7, 11) is 0. The number of rotatable bonds is 4. The lowest BCUT2D eigenvalue weighted by Crippen LogP contribution is -2.21. The van der Waals surface area contributed by atoms with Gasteiger partial charge in [-0.2, -0.15) is 0 Å². The molecule has 3 aromatic carbocycles. The maximum Gasteiger partial charge on any atom is 0.265 e. The van der Waals surface area contributed by atoms with Crippen LogP contribution >= 0.6 is 0 Å². The van der Waals surface area contributed by atoms with Crippen LogP contribution in [0.3, 0.4) is 0 Å². The highest BCUT2D eigenvalue weighted by Crippen LogP contribution is 2.28. The number of hydrogen-bond donors (Lipinski definition) is 0. The average Bonchev–Trinajstić information content (AvgIpc) is 3.17. The number of hydrogen-bond acceptors (Lipinski definition) is 4. The normalized spacial score (nSPS) is 11.5. The Morgan fingerprint density at radius 2 is 1.38 bits per heavy atom. The van der Waals surface area contributed by atoms with Crippen molar-refractivity contribution in [1.29, 1.82) is 0 Å². The fourth-order valence-corrected chi connectivity index (χ4v) is 4.15. The third-order valence-electron chi connectivity index (χ3n) is 5.73. The van der Waals surface area contributed by atoms with Gasteiger partial charge in [0.15, 0.2) is 11.3 Å². The van der Waals surface area contributed by atoms with Gasteiger partial charge in [-0.05, 0) is 36.2 Å². The van der Waals surface area contributed by atoms with Crippen molar-refractivity contribution in [1.82, 2.24) is 24.1 Å². The lowest BCUT2D eigenvalue weighted by Gasteiger charge is -2.07. The molecule has 0 atom stereocenters. The second kappa shape index (κ2) is 7.42. The molecule has 0 unspecified atom stereocenters. The summed E-state index contributed by atoms with van der Waals surface area (Å²) in [6.07, 6.45) is 2.38. The fraction of sp³-hybridized carbons (Fsp3) is 0.0769. The van der Waals surface area contributed by atoms with E-state index in [9.17, 15) is 4.79 Å². The van der Waals surface area contributed by atoms with Crippen LogP contribution in [0.2, 0.25) is 0 Å². The number of aromatic nitrogens is 5. The molecule has 3 heterocycles. The van der Waals surface area contributed by atoms with Gasteiger partial charge in [-0.15, -0.1) is 0 Å². The Labute approximate surface area is 183 Å². The Morgan fingerprint density at radius 1 is 0.719 bits per heavy atom. The number of nitrogens with zero attached hydrogens (tertiary/aromatic N) is 5. The van der Waals surface area contributed by atoms with E-state index in [0.29, 0.717) is 28.7 Å². The summed E-state index contributed by atoms with van der Waals surface area (Å²) in [4.78, 5) is 28.0. The van der Waals surface area contributed by atoms with Crippen LogP contribution < -0.4 is 5.56 Å². The zero-order chi connectivity index (χ0) is 21.5. The summed E-state index contributed by atoms with van der Waals surface area (Å²) < 4.78 is 3.59. The third-order valence-corrected chi connectivity index (χ3v) is 5.73. The molecule has 6 nitrogen and oxygen atoms in total. The van der Waals surface area contributed by atoms with Crippen LogP contribution in [0.5, 0.6) is 0 Å². The van der Waals surface area contributed by atoms with E-state index in [1.807, 2.05) is 77.4 Å². The predicted octanol–water partition coefficient (Wildman–Crippen LogP) is 4.53. The summed E-state index contributed by atoms with van der Waals surface area (Å²) in [5.74, 6) is 0. The minimum Gasteiger partial charge on any atom is -0.298 e. The Balaban J connectivity index is 1.62. The number of benzene rings is 3. The molecular formula is C26H19N5O. The molecule has 6 rings (SSSR count). The Hall–Kier alpha value is -4.32. The van der Waals surface area contributed by atoms with Crippen molar-refractivity contribution in [2.45, 2.75) is 13.0 Å². The van der Waals surface area contributed by atoms with Crippen LogP contribution in [0.4, 0.5) is 0 Å². The Morgan fingerprint density at radius 3 is 2.12 bits per heavy atom. The number of fused-ring (bicyclic) bond motifs is 4. The van der Waals surface area contributed by atoms with E-state index in [2.05, 4.69) is 12.1 Å². The molecule has 0 spiro atoms. The van der Waals surface area contributed by atoms with Gasteiger partial charge in [-0.3, -0.25) is 13.9 Å². The van der Waals surface area contributed by atoms with Crippen molar-refractivity contribution < 1.29 is 0 Å². The molecule has 0 N–H and O–H groups in total. The van der Waals surface area contributed by atoms with E-state index >= 15 is 0 Å². The fourth-order valence-electron chi connectivity index (χ4n) is 4.15. The Bertz CT molecular complexity index is 1640. The maximum atomic E-state index is 13.6. The van der Waals surface area contributed by atoms with Gasteiger partial charge in [0.25, 0.3) is 5.56 Å². The van der Waals surface area contributed by atoms with Gasteiger partial charge in [0.05, 0.1) is 17.4 Å². The number of aryl methyl sites for hydroxylation is 2. The zero-order valence-electron chi connectivity index (χ0n) is 17.2. The molecule has 0 saturated carbocycles. The molecule has 154 valence electrons. The van der Waals surface area contributed by atoms with Crippen molar-refractivity contribution in [3.63, 3.8) is 0 Å². The Kier molecular flexibility index (Phi) is 4.28. The lowest BCUT2D eigenvalue weighted by atomic mass is 10.1. The van der Waals surface area contributed by atoms with E-state index in [1.54, 1.807) is 10.9 Å². The molecule has 0 fully saturated rings. The molecule has 0 aliphatic carbocycles. The van der Waals surface area contributed by atoms with Crippen molar-refractivity contribution in [3.05, 3.63) is 107 Å². The van der Waals surface area contributed by atoms with Crippen LogP contribution in [-0.4, -0.2) is 24.1 Å². The average molecular weight is 417 g/mol. The van der Waals surface area contributed by atoms with Crippen LogP contribution in [0.25, 0.3) is 38.9 Å². The van der Waals surface area contributed by atoms with Crippen LogP contribution in [0.15, 0.2) is 96.1 Å². The second-order valence-corrected chi connectivity index (χ2v) is 7.73. The van der Waals surface area contributed by atoms with Crippen molar-refractivity contribution >= 4 is 33.2 Å². The summed E-state index contributed by atoms with van der Waals surface area (Å²) >= 11 is 0. The molecule has 0 bridgehead atoms. The smallest absolute Gasteiger partial charge is 0.265 e. The molecule has 0 radical (unpaired) electrons. The first-order valence-corrected chi connectivity index (χ1v) is 10.6.